The Balaban J connectivity index is 1.89. The third kappa shape index (κ3) is 2.02. The maximum absolute atomic E-state index is 12.5. The molecule has 3 aromatic carbocycles. The average Bonchev–Trinajstić information content (AvgIpc) is 2.87. The van der Waals surface area contributed by atoms with Crippen molar-refractivity contribution in [2.75, 3.05) is 0 Å². The molecule has 2 nitrogen and oxygen atoms in total. The fourth-order valence-electron chi connectivity index (χ4n) is 2.70. The van der Waals surface area contributed by atoms with Crippen molar-refractivity contribution < 1.29 is 9.90 Å². The van der Waals surface area contributed by atoms with Crippen molar-refractivity contribution in [3.63, 3.8) is 0 Å². The second-order valence-electron chi connectivity index (χ2n) is 5.16. The van der Waals surface area contributed by atoms with Gasteiger partial charge >= 0.3 is 0 Å². The van der Waals surface area contributed by atoms with Crippen LogP contribution in [-0.4, -0.2) is 10.9 Å². The van der Waals surface area contributed by atoms with E-state index in [0.717, 1.165) is 21.2 Å². The van der Waals surface area contributed by atoms with Crippen LogP contribution >= 0.6 is 11.8 Å². The van der Waals surface area contributed by atoms with E-state index in [4.69, 9.17) is 0 Å². The molecule has 0 unspecified atom stereocenters. The Bertz CT molecular complexity index is 941. The van der Waals surface area contributed by atoms with E-state index >= 15 is 0 Å². The Kier molecular flexibility index (Phi) is 3.01. The molecule has 1 aliphatic rings. The molecule has 1 aliphatic heterocycles. The van der Waals surface area contributed by atoms with Gasteiger partial charge in [-0.1, -0.05) is 54.2 Å². The zero-order valence-corrected chi connectivity index (χ0v) is 12.4. The van der Waals surface area contributed by atoms with Crippen molar-refractivity contribution in [1.29, 1.82) is 0 Å². The van der Waals surface area contributed by atoms with Gasteiger partial charge in [-0.15, -0.1) is 0 Å². The van der Waals surface area contributed by atoms with Crippen LogP contribution in [0.4, 0.5) is 0 Å². The molecule has 0 aromatic heterocycles. The number of hydrogen-bond donors (Lipinski definition) is 1. The lowest BCUT2D eigenvalue weighted by molar-refractivity contribution is 0.104. The molecule has 1 heterocycles. The molecular formula is C19H12O2S. The lowest BCUT2D eigenvalue weighted by atomic mass is 10.0. The van der Waals surface area contributed by atoms with E-state index in [9.17, 15) is 9.90 Å². The number of rotatable bonds is 1. The number of ketones is 1. The van der Waals surface area contributed by atoms with Gasteiger partial charge in [0.15, 0.2) is 0 Å². The summed E-state index contributed by atoms with van der Waals surface area (Å²) in [6.07, 6.45) is 1.80. The minimum atomic E-state index is 0.0212. The van der Waals surface area contributed by atoms with Crippen molar-refractivity contribution in [2.45, 2.75) is 4.90 Å². The first-order valence-electron chi connectivity index (χ1n) is 6.98. The van der Waals surface area contributed by atoms with E-state index in [0.29, 0.717) is 10.5 Å². The van der Waals surface area contributed by atoms with Gasteiger partial charge < -0.3 is 5.11 Å². The average molecular weight is 304 g/mol. The van der Waals surface area contributed by atoms with E-state index in [1.165, 1.54) is 11.8 Å². The molecule has 3 heteroatoms. The van der Waals surface area contributed by atoms with Gasteiger partial charge in [0.2, 0.25) is 5.78 Å². The summed E-state index contributed by atoms with van der Waals surface area (Å²) in [7, 11) is 0. The van der Waals surface area contributed by atoms with E-state index in [1.807, 2.05) is 54.6 Å². The highest BCUT2D eigenvalue weighted by atomic mass is 32.2. The first-order valence-corrected chi connectivity index (χ1v) is 7.80. The predicted octanol–water partition coefficient (Wildman–Crippen LogP) is 4.87. The number of phenolic OH excluding ortho intramolecular Hbond substituents is 1. The van der Waals surface area contributed by atoms with Crippen LogP contribution < -0.4 is 0 Å². The second kappa shape index (κ2) is 5.04. The van der Waals surface area contributed by atoms with Crippen LogP contribution in [-0.2, 0) is 0 Å². The van der Waals surface area contributed by atoms with Crippen molar-refractivity contribution in [2.24, 2.45) is 0 Å². The SMILES string of the molecule is O=C1/C(=C/c2c(O)ccc3ccccc23)Sc2ccccc21. The quantitative estimate of drug-likeness (QED) is 0.651. The van der Waals surface area contributed by atoms with Gasteiger partial charge in [-0.3, -0.25) is 4.79 Å². The van der Waals surface area contributed by atoms with Crippen molar-refractivity contribution >= 4 is 34.4 Å². The highest BCUT2D eigenvalue weighted by molar-refractivity contribution is 8.04. The maximum atomic E-state index is 12.5. The van der Waals surface area contributed by atoms with Crippen LogP contribution in [0, 0.1) is 0 Å². The van der Waals surface area contributed by atoms with Crippen LogP contribution in [0.3, 0.4) is 0 Å². The number of Topliss-reactive ketones (excluding diaryl/α,β-unsaturated/α-hetero) is 1. The van der Waals surface area contributed by atoms with Crippen LogP contribution in [0.15, 0.2) is 70.5 Å². The molecule has 0 radical (unpaired) electrons. The van der Waals surface area contributed by atoms with Crippen molar-refractivity contribution in [3.8, 4) is 5.75 Å². The van der Waals surface area contributed by atoms with Crippen molar-refractivity contribution in [1.82, 2.24) is 0 Å². The molecule has 0 bridgehead atoms. The lowest BCUT2D eigenvalue weighted by Crippen LogP contribution is -1.93. The number of aromatic hydroxyl groups is 1. The predicted molar refractivity (Wildman–Crippen MR) is 90.2 cm³/mol. The van der Waals surface area contributed by atoms with Gasteiger partial charge in [-0.2, -0.15) is 0 Å². The first-order chi connectivity index (χ1) is 10.7. The molecule has 106 valence electrons. The van der Waals surface area contributed by atoms with Gasteiger partial charge in [-0.25, -0.2) is 0 Å². The molecule has 0 saturated carbocycles. The summed E-state index contributed by atoms with van der Waals surface area (Å²) in [6.45, 7) is 0. The molecule has 1 N–H and O–H groups in total. The number of allylic oxidation sites excluding steroid dienone is 1. The van der Waals surface area contributed by atoms with Crippen LogP contribution in [0.2, 0.25) is 0 Å². The molecule has 0 spiro atoms. The fourth-order valence-corrected chi connectivity index (χ4v) is 3.74. The zero-order chi connectivity index (χ0) is 15.1. The maximum Gasteiger partial charge on any atom is 0.200 e. The number of phenols is 1. The molecule has 0 amide bonds. The van der Waals surface area contributed by atoms with E-state index in [2.05, 4.69) is 0 Å². The van der Waals surface area contributed by atoms with Gasteiger partial charge in [0.25, 0.3) is 0 Å². The van der Waals surface area contributed by atoms with Gasteiger partial charge in [0.1, 0.15) is 5.75 Å². The molecule has 4 rings (SSSR count). The minimum Gasteiger partial charge on any atom is -0.507 e. The number of carbonyl (C=O) groups is 1. The molecule has 0 saturated heterocycles. The summed E-state index contributed by atoms with van der Waals surface area (Å²) in [5.74, 6) is 0.212. The molecule has 3 aromatic rings. The minimum absolute atomic E-state index is 0.0212. The largest absolute Gasteiger partial charge is 0.507 e. The number of carbonyl (C=O) groups excluding carboxylic acids is 1. The Morgan fingerprint density at radius 3 is 2.55 bits per heavy atom. The van der Waals surface area contributed by atoms with E-state index < -0.39 is 0 Å². The Morgan fingerprint density at radius 1 is 0.909 bits per heavy atom. The Morgan fingerprint density at radius 2 is 1.68 bits per heavy atom. The summed E-state index contributed by atoms with van der Waals surface area (Å²) in [5, 5.41) is 12.2. The summed E-state index contributed by atoms with van der Waals surface area (Å²) < 4.78 is 0. The fraction of sp³-hybridized carbons (Fsp3) is 0. The smallest absolute Gasteiger partial charge is 0.200 e. The standard InChI is InChI=1S/C19H12O2S/c20-16-10-9-12-5-1-2-6-13(12)15(16)11-18-19(21)14-7-3-4-8-17(14)22-18/h1-11,20H/b18-11-. The summed E-state index contributed by atoms with van der Waals surface area (Å²) in [6, 6.07) is 19.0. The molecule has 0 fully saturated rings. The van der Waals surface area contributed by atoms with Gasteiger partial charge in [0, 0.05) is 16.0 Å². The third-order valence-corrected chi connectivity index (χ3v) is 4.90. The van der Waals surface area contributed by atoms with E-state index in [1.54, 1.807) is 12.1 Å². The Labute approximate surface area is 132 Å². The normalized spacial score (nSPS) is 15.5. The van der Waals surface area contributed by atoms with Gasteiger partial charge in [0.05, 0.1) is 4.91 Å². The number of fused-ring (bicyclic) bond motifs is 2. The molecular weight excluding hydrogens is 292 g/mol. The summed E-state index contributed by atoms with van der Waals surface area (Å²) in [5.41, 5.74) is 1.43. The second-order valence-corrected chi connectivity index (χ2v) is 6.24. The third-order valence-electron chi connectivity index (χ3n) is 3.80. The van der Waals surface area contributed by atoms with Crippen LogP contribution in [0.25, 0.3) is 16.8 Å². The molecule has 0 aliphatic carbocycles. The number of thioether (sulfide) groups is 1. The van der Waals surface area contributed by atoms with Crippen LogP contribution in [0.1, 0.15) is 15.9 Å². The first kappa shape index (κ1) is 13.2. The number of hydrogen-bond acceptors (Lipinski definition) is 3. The highest BCUT2D eigenvalue weighted by Gasteiger charge is 2.25. The number of benzene rings is 3. The zero-order valence-electron chi connectivity index (χ0n) is 11.6. The molecule has 22 heavy (non-hydrogen) atoms. The Hall–Kier alpha value is -2.52. The van der Waals surface area contributed by atoms with Crippen molar-refractivity contribution in [3.05, 3.63) is 76.7 Å². The lowest BCUT2D eigenvalue weighted by Gasteiger charge is -2.06. The topological polar surface area (TPSA) is 37.3 Å². The van der Waals surface area contributed by atoms with E-state index in [-0.39, 0.29) is 11.5 Å². The van der Waals surface area contributed by atoms with Gasteiger partial charge in [-0.05, 0) is 35.0 Å². The monoisotopic (exact) mass is 304 g/mol. The summed E-state index contributed by atoms with van der Waals surface area (Å²) >= 11 is 1.46. The molecule has 0 atom stereocenters. The van der Waals surface area contributed by atoms with Crippen LogP contribution in [0.5, 0.6) is 5.75 Å². The highest BCUT2D eigenvalue weighted by Crippen LogP contribution is 2.42. The summed E-state index contributed by atoms with van der Waals surface area (Å²) in [4.78, 5) is 14.1.